The number of piperidine rings is 1. The largest absolute Gasteiger partial charge is 0.497 e. The van der Waals surface area contributed by atoms with Crippen LogP contribution in [-0.4, -0.2) is 77.7 Å². The quantitative estimate of drug-likeness (QED) is 0.459. The van der Waals surface area contributed by atoms with Crippen molar-refractivity contribution in [1.82, 2.24) is 19.8 Å². The highest BCUT2D eigenvalue weighted by molar-refractivity contribution is 7.99. The SMILES string of the molecule is COc1ccc(OC)c(C(=O)N2CCC3(CCN(C(=O)CSc4nc(C)cc(C)n4)C3)CC2)c1. The molecule has 2 fully saturated rings. The first-order chi connectivity index (χ1) is 16.3. The first-order valence-electron chi connectivity index (χ1n) is 11.6. The van der Waals surface area contributed by atoms with E-state index in [1.54, 1.807) is 32.4 Å². The van der Waals surface area contributed by atoms with E-state index in [0.717, 1.165) is 43.7 Å². The van der Waals surface area contributed by atoms with E-state index in [1.807, 2.05) is 29.7 Å². The number of nitrogens with zero attached hydrogens (tertiary/aromatic N) is 4. The third-order valence-electron chi connectivity index (χ3n) is 6.83. The van der Waals surface area contributed by atoms with Crippen molar-refractivity contribution in [2.45, 2.75) is 38.3 Å². The lowest BCUT2D eigenvalue weighted by atomic mass is 9.77. The fourth-order valence-corrected chi connectivity index (χ4v) is 5.72. The van der Waals surface area contributed by atoms with Crippen LogP contribution in [0.15, 0.2) is 29.4 Å². The van der Waals surface area contributed by atoms with Gasteiger partial charge in [-0.3, -0.25) is 9.59 Å². The summed E-state index contributed by atoms with van der Waals surface area (Å²) in [4.78, 5) is 38.8. The van der Waals surface area contributed by atoms with Crippen LogP contribution >= 0.6 is 11.8 Å². The zero-order valence-electron chi connectivity index (χ0n) is 20.3. The first kappa shape index (κ1) is 24.3. The van der Waals surface area contributed by atoms with E-state index >= 15 is 0 Å². The summed E-state index contributed by atoms with van der Waals surface area (Å²) >= 11 is 1.40. The number of aryl methyl sites for hydroxylation is 2. The Balaban J connectivity index is 1.32. The number of ether oxygens (including phenoxy) is 2. The van der Waals surface area contributed by atoms with Gasteiger partial charge in [-0.25, -0.2) is 9.97 Å². The molecular formula is C25H32N4O4S. The van der Waals surface area contributed by atoms with Gasteiger partial charge in [-0.2, -0.15) is 0 Å². The van der Waals surface area contributed by atoms with Gasteiger partial charge in [0.1, 0.15) is 11.5 Å². The third kappa shape index (κ3) is 5.29. The Morgan fingerprint density at radius 3 is 2.24 bits per heavy atom. The van der Waals surface area contributed by atoms with Crippen molar-refractivity contribution in [3.8, 4) is 11.5 Å². The highest BCUT2D eigenvalue weighted by Crippen LogP contribution is 2.41. The van der Waals surface area contributed by atoms with E-state index in [-0.39, 0.29) is 17.2 Å². The van der Waals surface area contributed by atoms with Crippen LogP contribution < -0.4 is 9.47 Å². The molecule has 4 rings (SSSR count). The van der Waals surface area contributed by atoms with Crippen molar-refractivity contribution in [3.05, 3.63) is 41.2 Å². The van der Waals surface area contributed by atoms with E-state index in [4.69, 9.17) is 9.47 Å². The Morgan fingerprint density at radius 1 is 0.971 bits per heavy atom. The molecule has 182 valence electrons. The molecule has 34 heavy (non-hydrogen) atoms. The van der Waals surface area contributed by atoms with Gasteiger partial charge in [-0.15, -0.1) is 0 Å². The molecule has 1 aromatic carbocycles. The number of hydrogen-bond donors (Lipinski definition) is 0. The van der Waals surface area contributed by atoms with E-state index < -0.39 is 0 Å². The van der Waals surface area contributed by atoms with Crippen LogP contribution in [0, 0.1) is 19.3 Å². The molecule has 8 nitrogen and oxygen atoms in total. The molecule has 2 aromatic rings. The number of hydrogen-bond acceptors (Lipinski definition) is 7. The fourth-order valence-electron chi connectivity index (χ4n) is 4.87. The van der Waals surface area contributed by atoms with Gasteiger partial charge in [0.15, 0.2) is 5.16 Å². The Labute approximate surface area is 205 Å². The Kier molecular flexibility index (Phi) is 7.30. The zero-order valence-corrected chi connectivity index (χ0v) is 21.1. The number of carbonyl (C=O) groups is 2. The average molecular weight is 485 g/mol. The van der Waals surface area contributed by atoms with Gasteiger partial charge >= 0.3 is 0 Å². The maximum absolute atomic E-state index is 13.2. The maximum atomic E-state index is 13.2. The molecule has 0 saturated carbocycles. The first-order valence-corrected chi connectivity index (χ1v) is 12.6. The van der Waals surface area contributed by atoms with E-state index in [2.05, 4.69) is 9.97 Å². The summed E-state index contributed by atoms with van der Waals surface area (Å²) in [7, 11) is 3.15. The minimum atomic E-state index is -0.0404. The van der Waals surface area contributed by atoms with Crippen molar-refractivity contribution in [3.63, 3.8) is 0 Å². The smallest absolute Gasteiger partial charge is 0.257 e. The summed E-state index contributed by atoms with van der Waals surface area (Å²) in [6.45, 7) is 6.74. The molecule has 2 aliphatic heterocycles. The predicted molar refractivity (Wildman–Crippen MR) is 131 cm³/mol. The topological polar surface area (TPSA) is 84.9 Å². The van der Waals surface area contributed by atoms with Crippen LogP contribution in [0.5, 0.6) is 11.5 Å². The Bertz CT molecular complexity index is 1050. The molecule has 0 radical (unpaired) electrons. The van der Waals surface area contributed by atoms with Gasteiger partial charge in [0.25, 0.3) is 5.91 Å². The molecule has 0 bridgehead atoms. The van der Waals surface area contributed by atoms with Gasteiger partial charge in [0, 0.05) is 37.6 Å². The van der Waals surface area contributed by atoms with Crippen LogP contribution in [0.3, 0.4) is 0 Å². The molecule has 0 aliphatic carbocycles. The van der Waals surface area contributed by atoms with E-state index in [0.29, 0.717) is 41.1 Å². The van der Waals surface area contributed by atoms with E-state index in [1.165, 1.54) is 11.8 Å². The second-order valence-corrected chi connectivity index (χ2v) is 10.1. The molecule has 1 spiro atoms. The van der Waals surface area contributed by atoms with Gasteiger partial charge in [-0.05, 0) is 62.8 Å². The number of thioether (sulfide) groups is 1. The summed E-state index contributed by atoms with van der Waals surface area (Å²) in [5, 5.41) is 0.652. The number of benzene rings is 1. The van der Waals surface area contributed by atoms with Crippen molar-refractivity contribution >= 4 is 23.6 Å². The summed E-state index contributed by atoms with van der Waals surface area (Å²) in [5.41, 5.74) is 2.43. The third-order valence-corrected chi connectivity index (χ3v) is 7.66. The number of carbonyl (C=O) groups excluding carboxylic acids is 2. The van der Waals surface area contributed by atoms with Crippen LogP contribution in [-0.2, 0) is 4.79 Å². The van der Waals surface area contributed by atoms with Crippen LogP contribution in [0.2, 0.25) is 0 Å². The molecule has 2 amide bonds. The second kappa shape index (κ2) is 10.2. The second-order valence-electron chi connectivity index (χ2n) is 9.15. The number of aromatic nitrogens is 2. The van der Waals surface area contributed by atoms with Crippen LogP contribution in [0.4, 0.5) is 0 Å². The summed E-state index contributed by atoms with van der Waals surface area (Å²) in [6.07, 6.45) is 2.76. The average Bonchev–Trinajstić information content (AvgIpc) is 3.25. The predicted octanol–water partition coefficient (Wildman–Crippen LogP) is 3.36. The number of likely N-dealkylation sites (tertiary alicyclic amines) is 2. The minimum absolute atomic E-state index is 0.0404. The zero-order chi connectivity index (χ0) is 24.3. The van der Waals surface area contributed by atoms with Crippen molar-refractivity contribution in [2.75, 3.05) is 46.2 Å². The monoisotopic (exact) mass is 484 g/mol. The molecule has 0 atom stereocenters. The lowest BCUT2D eigenvalue weighted by Gasteiger charge is -2.39. The molecular weight excluding hydrogens is 452 g/mol. The van der Waals surface area contributed by atoms with Gasteiger partial charge in [0.05, 0.1) is 25.5 Å². The molecule has 2 aliphatic rings. The molecule has 0 unspecified atom stereocenters. The fraction of sp³-hybridized carbons (Fsp3) is 0.520. The number of methoxy groups -OCH3 is 2. The van der Waals surface area contributed by atoms with Gasteiger partial charge < -0.3 is 19.3 Å². The Morgan fingerprint density at radius 2 is 1.62 bits per heavy atom. The lowest BCUT2D eigenvalue weighted by Crippen LogP contribution is -2.45. The molecule has 9 heteroatoms. The maximum Gasteiger partial charge on any atom is 0.257 e. The van der Waals surface area contributed by atoms with Gasteiger partial charge in [-0.1, -0.05) is 11.8 Å². The summed E-state index contributed by atoms with van der Waals surface area (Å²) in [5.74, 6) is 1.62. The molecule has 2 saturated heterocycles. The van der Waals surface area contributed by atoms with Crippen LogP contribution in [0.25, 0.3) is 0 Å². The number of amides is 2. The van der Waals surface area contributed by atoms with Crippen molar-refractivity contribution < 1.29 is 19.1 Å². The number of rotatable bonds is 6. The lowest BCUT2D eigenvalue weighted by molar-refractivity contribution is -0.127. The highest BCUT2D eigenvalue weighted by Gasteiger charge is 2.43. The van der Waals surface area contributed by atoms with Crippen LogP contribution in [0.1, 0.15) is 41.0 Å². The van der Waals surface area contributed by atoms with Crippen molar-refractivity contribution in [2.24, 2.45) is 5.41 Å². The summed E-state index contributed by atoms with van der Waals surface area (Å²) in [6, 6.07) is 7.21. The molecule has 1 aromatic heterocycles. The van der Waals surface area contributed by atoms with Crippen molar-refractivity contribution in [1.29, 1.82) is 0 Å². The van der Waals surface area contributed by atoms with Gasteiger partial charge in [0.2, 0.25) is 5.91 Å². The Hall–Kier alpha value is -2.81. The van der Waals surface area contributed by atoms with E-state index in [9.17, 15) is 9.59 Å². The molecule has 0 N–H and O–H groups in total. The standard InChI is InChI=1S/C25H32N4O4S/c1-17-13-18(2)27-24(26-17)34-15-22(30)29-12-9-25(16-29)7-10-28(11-8-25)23(31)20-14-19(32-3)5-6-21(20)33-4/h5-6,13-14H,7-12,15-16H2,1-4H3. The minimum Gasteiger partial charge on any atom is -0.497 e. The highest BCUT2D eigenvalue weighted by atomic mass is 32.2. The summed E-state index contributed by atoms with van der Waals surface area (Å²) < 4.78 is 10.7. The normalized spacial score (nSPS) is 17.2. The molecule has 3 heterocycles.